The molecule has 0 aromatic rings. The molecule has 0 aliphatic carbocycles. The van der Waals surface area contributed by atoms with Crippen LogP contribution >= 0.6 is 22.3 Å². The van der Waals surface area contributed by atoms with Crippen LogP contribution in [-0.2, 0) is 9.05 Å². The molecule has 0 radical (unpaired) electrons. The molecule has 0 amide bonds. The summed E-state index contributed by atoms with van der Waals surface area (Å²) in [6.07, 6.45) is 0. The highest BCUT2D eigenvalue weighted by Gasteiger charge is 2.11. The van der Waals surface area contributed by atoms with Crippen LogP contribution in [0.5, 0.6) is 0 Å². The molecule has 0 heterocycles. The molecule has 0 saturated heterocycles. The van der Waals surface area contributed by atoms with Gasteiger partial charge in [0, 0.05) is 10.7 Å². The highest BCUT2D eigenvalue weighted by molar-refractivity contribution is 8.15. The van der Waals surface area contributed by atoms with E-state index in [1.165, 1.54) is 6.92 Å². The first kappa shape index (κ1) is 7.53. The molecular formula is C2H4Cl2O2S. The number of alkyl halides is 1. The van der Waals surface area contributed by atoms with Crippen LogP contribution < -0.4 is 0 Å². The van der Waals surface area contributed by atoms with Crippen molar-refractivity contribution in [2.75, 3.05) is 0 Å². The molecule has 7 heavy (non-hydrogen) atoms. The van der Waals surface area contributed by atoms with E-state index in [2.05, 4.69) is 0 Å². The molecule has 0 spiro atoms. The van der Waals surface area contributed by atoms with Crippen molar-refractivity contribution < 1.29 is 8.42 Å². The second-order valence-corrected chi connectivity index (χ2v) is 4.88. The number of rotatable bonds is 1. The minimum Gasteiger partial charge on any atom is -0.211 e. The molecule has 0 aliphatic rings. The first-order valence-electron chi connectivity index (χ1n) is 1.52. The molecule has 0 aliphatic heterocycles. The van der Waals surface area contributed by atoms with Gasteiger partial charge in [-0.15, -0.1) is 11.6 Å². The fourth-order valence-electron chi connectivity index (χ4n) is 0. The zero-order valence-corrected chi connectivity index (χ0v) is 5.89. The molecule has 44 valence electrons. The summed E-state index contributed by atoms with van der Waals surface area (Å²) in [7, 11) is 1.21. The molecule has 0 saturated carbocycles. The Hall–Kier alpha value is 0.530. The predicted octanol–water partition coefficient (Wildman–Crippen LogP) is 1.14. The van der Waals surface area contributed by atoms with Gasteiger partial charge in [0.2, 0.25) is 9.05 Å². The number of halogens is 2. The fraction of sp³-hybridized carbons (Fsp3) is 1.00. The maximum Gasteiger partial charge on any atom is 0.249 e. The Morgan fingerprint density at radius 3 is 1.71 bits per heavy atom. The lowest BCUT2D eigenvalue weighted by Gasteiger charge is -1.90. The third kappa shape index (κ3) is 3.14. The normalized spacial score (nSPS) is 16.4. The first-order valence-corrected chi connectivity index (χ1v) is 4.33. The van der Waals surface area contributed by atoms with Crippen LogP contribution in [0.1, 0.15) is 6.92 Å². The maximum atomic E-state index is 9.96. The van der Waals surface area contributed by atoms with Gasteiger partial charge in [-0.05, 0) is 6.92 Å². The number of hydrogen-bond acceptors (Lipinski definition) is 2. The van der Waals surface area contributed by atoms with Crippen LogP contribution in [0.3, 0.4) is 0 Å². The average molecular weight is 163 g/mol. The Morgan fingerprint density at radius 2 is 1.71 bits per heavy atom. The van der Waals surface area contributed by atoms with Gasteiger partial charge in [-0.1, -0.05) is 0 Å². The molecule has 0 rings (SSSR count). The van der Waals surface area contributed by atoms with Gasteiger partial charge >= 0.3 is 0 Å². The van der Waals surface area contributed by atoms with Gasteiger partial charge in [0.05, 0.1) is 0 Å². The summed E-state index contributed by atoms with van der Waals surface area (Å²) in [6, 6.07) is 0. The smallest absolute Gasteiger partial charge is 0.211 e. The van der Waals surface area contributed by atoms with Crippen LogP contribution in [-0.4, -0.2) is 13.1 Å². The Labute approximate surface area is 51.8 Å². The summed E-state index contributed by atoms with van der Waals surface area (Å²) in [6.45, 7) is 1.30. The summed E-state index contributed by atoms with van der Waals surface area (Å²) in [5.74, 6) is 0. The summed E-state index contributed by atoms with van der Waals surface area (Å²) in [5.41, 5.74) is 0. The molecular weight excluding hydrogens is 159 g/mol. The minimum absolute atomic E-state index is 0.992. The number of hydrogen-bond donors (Lipinski definition) is 0. The van der Waals surface area contributed by atoms with E-state index in [0.717, 1.165) is 0 Å². The van der Waals surface area contributed by atoms with Gasteiger partial charge in [-0.25, -0.2) is 8.42 Å². The van der Waals surface area contributed by atoms with Crippen LogP contribution in [0.4, 0.5) is 0 Å². The van der Waals surface area contributed by atoms with Crippen molar-refractivity contribution in [3.63, 3.8) is 0 Å². The van der Waals surface area contributed by atoms with E-state index in [1.807, 2.05) is 0 Å². The van der Waals surface area contributed by atoms with Crippen LogP contribution in [0, 0.1) is 0 Å². The Balaban J connectivity index is 4.10. The standard InChI is InChI=1S/C2H4Cl2O2S/c1-2(3)7(4,5)6/h2H,1H3/t2-/m0/s1. The second kappa shape index (κ2) is 2.20. The molecule has 0 bridgehead atoms. The summed E-state index contributed by atoms with van der Waals surface area (Å²) >= 11 is 5.03. The molecule has 5 heteroatoms. The van der Waals surface area contributed by atoms with Crippen LogP contribution in [0.2, 0.25) is 0 Å². The van der Waals surface area contributed by atoms with Gasteiger partial charge in [0.1, 0.15) is 4.71 Å². The quantitative estimate of drug-likeness (QED) is 0.429. The van der Waals surface area contributed by atoms with E-state index >= 15 is 0 Å². The highest BCUT2D eigenvalue weighted by atomic mass is 35.7. The SMILES string of the molecule is C[C@@H](Cl)S(=O)(=O)Cl. The van der Waals surface area contributed by atoms with E-state index in [-0.39, 0.29) is 0 Å². The van der Waals surface area contributed by atoms with Crippen molar-refractivity contribution in [3.05, 3.63) is 0 Å². The van der Waals surface area contributed by atoms with E-state index in [9.17, 15) is 8.42 Å². The zero-order valence-electron chi connectivity index (χ0n) is 3.56. The largest absolute Gasteiger partial charge is 0.249 e. The lowest BCUT2D eigenvalue weighted by molar-refractivity contribution is 0.608. The molecule has 0 aromatic heterocycles. The fourth-order valence-corrected chi connectivity index (χ4v) is 0. The third-order valence-corrected chi connectivity index (χ3v) is 2.94. The van der Waals surface area contributed by atoms with Crippen LogP contribution in [0.25, 0.3) is 0 Å². The van der Waals surface area contributed by atoms with Crippen molar-refractivity contribution in [2.24, 2.45) is 0 Å². The monoisotopic (exact) mass is 162 g/mol. The van der Waals surface area contributed by atoms with Crippen molar-refractivity contribution in [3.8, 4) is 0 Å². The van der Waals surface area contributed by atoms with Gasteiger partial charge in [-0.2, -0.15) is 0 Å². The molecule has 1 atom stereocenters. The summed E-state index contributed by atoms with van der Waals surface area (Å²) in [4.78, 5) is 0. The maximum absolute atomic E-state index is 9.96. The van der Waals surface area contributed by atoms with Gasteiger partial charge in [0.15, 0.2) is 0 Å². The lowest BCUT2D eigenvalue weighted by atomic mass is 11.0. The van der Waals surface area contributed by atoms with Crippen LogP contribution in [0.15, 0.2) is 0 Å². The minimum atomic E-state index is -3.50. The van der Waals surface area contributed by atoms with Gasteiger partial charge in [-0.3, -0.25) is 0 Å². The molecule has 0 fully saturated rings. The van der Waals surface area contributed by atoms with E-state index in [4.69, 9.17) is 22.3 Å². The second-order valence-electron chi connectivity index (χ2n) is 1.02. The zero-order chi connectivity index (χ0) is 6.08. The molecule has 0 unspecified atom stereocenters. The first-order chi connectivity index (χ1) is 2.94. The highest BCUT2D eigenvalue weighted by Crippen LogP contribution is 2.08. The van der Waals surface area contributed by atoms with E-state index in [1.54, 1.807) is 0 Å². The molecule has 0 N–H and O–H groups in total. The predicted molar refractivity (Wildman–Crippen MR) is 30.1 cm³/mol. The molecule has 2 nitrogen and oxygen atoms in total. The Kier molecular flexibility index (Phi) is 2.37. The topological polar surface area (TPSA) is 34.1 Å². The van der Waals surface area contributed by atoms with Crippen molar-refractivity contribution in [1.82, 2.24) is 0 Å². The van der Waals surface area contributed by atoms with E-state index in [0.29, 0.717) is 0 Å². The van der Waals surface area contributed by atoms with Crippen molar-refractivity contribution in [2.45, 2.75) is 11.6 Å². The Bertz CT molecular complexity index is 136. The Morgan fingerprint density at radius 1 is 1.57 bits per heavy atom. The van der Waals surface area contributed by atoms with Crippen molar-refractivity contribution >= 4 is 31.3 Å². The van der Waals surface area contributed by atoms with E-state index < -0.39 is 13.8 Å². The van der Waals surface area contributed by atoms with Gasteiger partial charge < -0.3 is 0 Å². The average Bonchev–Trinajstić information content (AvgIpc) is 1.31. The third-order valence-electron chi connectivity index (χ3n) is 0.388. The van der Waals surface area contributed by atoms with Gasteiger partial charge in [0.25, 0.3) is 0 Å². The summed E-state index contributed by atoms with van der Waals surface area (Å²) in [5, 5.41) is 0. The summed E-state index contributed by atoms with van der Waals surface area (Å²) < 4.78 is 18.9. The molecule has 0 aromatic carbocycles. The lowest BCUT2D eigenvalue weighted by Crippen LogP contribution is -2.01. The van der Waals surface area contributed by atoms with Crippen molar-refractivity contribution in [1.29, 1.82) is 0 Å².